The van der Waals surface area contributed by atoms with Gasteiger partial charge in [-0.1, -0.05) is 18.2 Å². The second-order valence-corrected chi connectivity index (χ2v) is 5.59. The summed E-state index contributed by atoms with van der Waals surface area (Å²) in [7, 11) is 1.49. The summed E-state index contributed by atoms with van der Waals surface area (Å²) < 4.78 is 0. The average Bonchev–Trinajstić information content (AvgIpc) is 2.89. The molecule has 0 saturated heterocycles. The molecule has 1 aromatic carbocycles. The Balaban J connectivity index is 1.78. The van der Waals surface area contributed by atoms with Gasteiger partial charge in [-0.15, -0.1) is 0 Å². The number of urea groups is 1. The maximum atomic E-state index is 11.9. The number of hydrogen-bond donors (Lipinski definition) is 3. The molecular formula is C16H20N4O2. The summed E-state index contributed by atoms with van der Waals surface area (Å²) in [6.07, 6.45) is 0.900. The van der Waals surface area contributed by atoms with E-state index < -0.39 is 6.03 Å². The fraction of sp³-hybridized carbons (Fsp3) is 0.375. The van der Waals surface area contributed by atoms with Crippen LogP contribution in [-0.2, 0) is 11.2 Å². The zero-order valence-electron chi connectivity index (χ0n) is 12.8. The van der Waals surface area contributed by atoms with Crippen LogP contribution in [0.15, 0.2) is 24.3 Å². The number of rotatable bonds is 2. The quantitative estimate of drug-likeness (QED) is 0.787. The minimum absolute atomic E-state index is 0.117. The Morgan fingerprint density at radius 1 is 1.36 bits per heavy atom. The number of benzene rings is 1. The van der Waals surface area contributed by atoms with Crippen LogP contribution in [0.5, 0.6) is 0 Å². The van der Waals surface area contributed by atoms with E-state index in [9.17, 15) is 9.59 Å². The molecule has 1 aliphatic heterocycles. The molecule has 22 heavy (non-hydrogen) atoms. The number of amides is 3. The molecule has 0 spiro atoms. The number of carbonyl (C=O) groups is 2. The predicted octanol–water partition coefficient (Wildman–Crippen LogP) is 1.54. The third-order valence-corrected chi connectivity index (χ3v) is 4.29. The number of nitrogens with one attached hydrogen (secondary N) is 3. The number of aromatic nitrogens is 1. The Morgan fingerprint density at radius 2 is 2.14 bits per heavy atom. The average molecular weight is 300 g/mol. The number of nitrogens with zero attached hydrogens (tertiary/aromatic N) is 1. The normalized spacial score (nSPS) is 18.0. The molecule has 3 amide bonds. The van der Waals surface area contributed by atoms with Crippen LogP contribution in [0, 0.1) is 0 Å². The molecule has 0 radical (unpaired) electrons. The predicted molar refractivity (Wildman–Crippen MR) is 84.6 cm³/mol. The highest BCUT2D eigenvalue weighted by Crippen LogP contribution is 2.33. The fourth-order valence-electron chi connectivity index (χ4n) is 3.11. The van der Waals surface area contributed by atoms with Crippen LogP contribution in [0.25, 0.3) is 10.9 Å². The van der Waals surface area contributed by atoms with Gasteiger partial charge in [0.1, 0.15) is 0 Å². The molecule has 3 rings (SSSR count). The number of carbonyl (C=O) groups excluding carboxylic acids is 2. The van der Waals surface area contributed by atoms with E-state index in [1.807, 2.05) is 12.1 Å². The van der Waals surface area contributed by atoms with Gasteiger partial charge in [-0.2, -0.15) is 0 Å². The molecule has 0 unspecified atom stereocenters. The van der Waals surface area contributed by atoms with Crippen LogP contribution in [0.4, 0.5) is 4.79 Å². The van der Waals surface area contributed by atoms with E-state index in [1.54, 1.807) is 0 Å². The van der Waals surface area contributed by atoms with E-state index in [4.69, 9.17) is 0 Å². The van der Waals surface area contributed by atoms with Gasteiger partial charge in [0.15, 0.2) is 0 Å². The molecule has 0 saturated carbocycles. The van der Waals surface area contributed by atoms with E-state index in [0.717, 1.165) is 18.5 Å². The summed E-state index contributed by atoms with van der Waals surface area (Å²) in [6, 6.07) is 7.91. The molecule has 3 N–H and O–H groups in total. The van der Waals surface area contributed by atoms with Crippen molar-refractivity contribution >= 4 is 22.8 Å². The van der Waals surface area contributed by atoms with Crippen molar-refractivity contribution in [2.24, 2.45) is 0 Å². The first-order valence-electron chi connectivity index (χ1n) is 7.45. The van der Waals surface area contributed by atoms with Crippen LogP contribution in [0.1, 0.15) is 24.2 Å². The highest BCUT2D eigenvalue weighted by molar-refractivity contribution is 5.95. The van der Waals surface area contributed by atoms with Crippen molar-refractivity contribution in [2.45, 2.75) is 19.4 Å². The molecule has 116 valence electrons. The Hall–Kier alpha value is -2.34. The lowest BCUT2D eigenvalue weighted by Gasteiger charge is -2.32. The highest BCUT2D eigenvalue weighted by atomic mass is 16.2. The number of fused-ring (bicyclic) bond motifs is 3. The summed E-state index contributed by atoms with van der Waals surface area (Å²) in [5, 5.41) is 5.95. The largest absolute Gasteiger partial charge is 0.357 e. The van der Waals surface area contributed by atoms with Gasteiger partial charge in [0.05, 0.1) is 6.54 Å². The van der Waals surface area contributed by atoms with Gasteiger partial charge in [-0.05, 0) is 25.0 Å². The molecule has 0 aliphatic carbocycles. The zero-order chi connectivity index (χ0) is 15.7. The van der Waals surface area contributed by atoms with E-state index in [-0.39, 0.29) is 18.5 Å². The molecule has 2 heterocycles. The molecule has 0 bridgehead atoms. The summed E-state index contributed by atoms with van der Waals surface area (Å²) in [4.78, 5) is 28.6. The van der Waals surface area contributed by atoms with Crippen molar-refractivity contribution in [3.8, 4) is 0 Å². The smallest absolute Gasteiger partial charge is 0.321 e. The van der Waals surface area contributed by atoms with Gasteiger partial charge in [0.2, 0.25) is 5.91 Å². The Bertz CT molecular complexity index is 722. The first-order valence-corrected chi connectivity index (χ1v) is 7.45. The SMILES string of the molecule is CNC(=O)NC(=O)CN1CCc2c([nH]c3ccccc23)[C@@H]1C. The third-order valence-electron chi connectivity index (χ3n) is 4.29. The minimum atomic E-state index is -0.471. The van der Waals surface area contributed by atoms with E-state index in [0.29, 0.717) is 0 Å². The van der Waals surface area contributed by atoms with Crippen LogP contribution in [-0.4, -0.2) is 42.0 Å². The van der Waals surface area contributed by atoms with Gasteiger partial charge in [-0.25, -0.2) is 4.79 Å². The van der Waals surface area contributed by atoms with Crippen molar-refractivity contribution in [1.82, 2.24) is 20.5 Å². The van der Waals surface area contributed by atoms with Crippen molar-refractivity contribution < 1.29 is 9.59 Å². The molecule has 0 fully saturated rings. The van der Waals surface area contributed by atoms with Crippen molar-refractivity contribution in [1.29, 1.82) is 0 Å². The summed E-state index contributed by atoms with van der Waals surface area (Å²) in [5.74, 6) is -0.286. The van der Waals surface area contributed by atoms with Crippen molar-refractivity contribution in [2.75, 3.05) is 20.1 Å². The number of H-pyrrole nitrogens is 1. The first kappa shape index (κ1) is 14.6. The van der Waals surface area contributed by atoms with E-state index in [1.165, 1.54) is 23.7 Å². The summed E-state index contributed by atoms with van der Waals surface area (Å²) in [5.41, 5.74) is 3.64. The van der Waals surface area contributed by atoms with Crippen LogP contribution < -0.4 is 10.6 Å². The number of aromatic amines is 1. The monoisotopic (exact) mass is 300 g/mol. The number of para-hydroxylation sites is 1. The third kappa shape index (κ3) is 2.57. The molecule has 2 aromatic rings. The molecule has 6 nitrogen and oxygen atoms in total. The van der Waals surface area contributed by atoms with Crippen LogP contribution in [0.3, 0.4) is 0 Å². The first-order chi connectivity index (χ1) is 10.6. The molecule has 1 aromatic heterocycles. The van der Waals surface area contributed by atoms with Gasteiger partial charge < -0.3 is 10.3 Å². The van der Waals surface area contributed by atoms with E-state index >= 15 is 0 Å². The maximum Gasteiger partial charge on any atom is 0.321 e. The Morgan fingerprint density at radius 3 is 2.91 bits per heavy atom. The van der Waals surface area contributed by atoms with Crippen molar-refractivity contribution in [3.63, 3.8) is 0 Å². The van der Waals surface area contributed by atoms with Gasteiger partial charge in [0.25, 0.3) is 0 Å². The number of hydrogen-bond acceptors (Lipinski definition) is 3. The minimum Gasteiger partial charge on any atom is -0.357 e. The van der Waals surface area contributed by atoms with E-state index in [2.05, 4.69) is 39.6 Å². The Kier molecular flexibility index (Phi) is 3.85. The standard InChI is InChI=1S/C16H20N4O2/c1-10-15-12(11-5-3-4-6-13(11)18-15)7-8-20(10)9-14(21)19-16(22)17-2/h3-6,10,18H,7-9H2,1-2H3,(H2,17,19,21,22)/t10-/m0/s1. The molecule has 1 atom stereocenters. The van der Waals surface area contributed by atoms with Crippen LogP contribution in [0.2, 0.25) is 0 Å². The topological polar surface area (TPSA) is 77.2 Å². The lowest BCUT2D eigenvalue weighted by atomic mass is 9.98. The summed E-state index contributed by atoms with van der Waals surface area (Å²) in [6.45, 7) is 3.10. The summed E-state index contributed by atoms with van der Waals surface area (Å²) >= 11 is 0. The lowest BCUT2D eigenvalue weighted by molar-refractivity contribution is -0.121. The fourth-order valence-corrected chi connectivity index (χ4v) is 3.11. The molecule has 1 aliphatic rings. The second-order valence-electron chi connectivity index (χ2n) is 5.59. The Labute approximate surface area is 128 Å². The maximum absolute atomic E-state index is 11.9. The van der Waals surface area contributed by atoms with Gasteiger partial charge in [0, 0.05) is 36.2 Å². The van der Waals surface area contributed by atoms with Crippen molar-refractivity contribution in [3.05, 3.63) is 35.5 Å². The molecular weight excluding hydrogens is 280 g/mol. The lowest BCUT2D eigenvalue weighted by Crippen LogP contribution is -2.45. The highest BCUT2D eigenvalue weighted by Gasteiger charge is 2.28. The van der Waals surface area contributed by atoms with Gasteiger partial charge >= 0.3 is 6.03 Å². The second kappa shape index (κ2) is 5.81. The zero-order valence-corrected chi connectivity index (χ0v) is 12.8. The van der Waals surface area contributed by atoms with Gasteiger partial charge in [-0.3, -0.25) is 15.0 Å². The molecule has 6 heteroatoms. The number of imide groups is 1. The van der Waals surface area contributed by atoms with Crippen LogP contribution >= 0.6 is 0 Å².